The standard InChI is InChI=1S/C20H24O7/c1-10(2)19(23)27-18-14-12(4)20(24)26-17(14)15(22)11(3)7-6-8-13(9-21)16(18)25-5/h8-9,14-18,22H,1,3-4,6-7H2,2,5H3/b13-8-/t14-,15-,16-,17-,18-/m0/s1. The van der Waals surface area contributed by atoms with Crippen LogP contribution in [0.1, 0.15) is 19.8 Å². The zero-order valence-corrected chi connectivity index (χ0v) is 15.5. The number of aldehydes is 1. The van der Waals surface area contributed by atoms with Gasteiger partial charge in [-0.1, -0.05) is 25.8 Å². The van der Waals surface area contributed by atoms with Gasteiger partial charge >= 0.3 is 11.9 Å². The first-order valence-electron chi connectivity index (χ1n) is 8.52. The number of esters is 2. The van der Waals surface area contributed by atoms with Crippen LogP contribution in [0.5, 0.6) is 0 Å². The summed E-state index contributed by atoms with van der Waals surface area (Å²) in [6, 6.07) is 0. The van der Waals surface area contributed by atoms with E-state index in [-0.39, 0.29) is 16.7 Å². The van der Waals surface area contributed by atoms with Crippen molar-refractivity contribution in [3.05, 3.63) is 48.1 Å². The van der Waals surface area contributed by atoms with Gasteiger partial charge in [-0.3, -0.25) is 4.79 Å². The number of rotatable bonds is 4. The van der Waals surface area contributed by atoms with Crippen molar-refractivity contribution in [2.24, 2.45) is 5.92 Å². The third-order valence-corrected chi connectivity index (χ3v) is 4.80. The molecule has 1 aliphatic heterocycles. The first-order chi connectivity index (χ1) is 12.7. The molecule has 1 saturated heterocycles. The third kappa shape index (κ3) is 4.09. The summed E-state index contributed by atoms with van der Waals surface area (Å²) in [5.74, 6) is -2.35. The van der Waals surface area contributed by atoms with Crippen molar-refractivity contribution in [2.75, 3.05) is 7.11 Å². The fraction of sp³-hybridized carbons (Fsp3) is 0.450. The molecule has 0 bridgehead atoms. The minimum atomic E-state index is -1.17. The van der Waals surface area contributed by atoms with Gasteiger partial charge in [0.05, 0.1) is 5.92 Å². The first-order valence-corrected chi connectivity index (χ1v) is 8.52. The van der Waals surface area contributed by atoms with E-state index in [0.717, 1.165) is 0 Å². The Morgan fingerprint density at radius 3 is 2.63 bits per heavy atom. The lowest BCUT2D eigenvalue weighted by Crippen LogP contribution is -2.47. The normalized spacial score (nSPS) is 33.4. The lowest BCUT2D eigenvalue weighted by Gasteiger charge is -2.35. The monoisotopic (exact) mass is 376 g/mol. The zero-order valence-electron chi connectivity index (χ0n) is 15.5. The van der Waals surface area contributed by atoms with E-state index >= 15 is 0 Å². The highest BCUT2D eigenvalue weighted by atomic mass is 16.6. The summed E-state index contributed by atoms with van der Waals surface area (Å²) in [4.78, 5) is 36.0. The molecule has 0 radical (unpaired) electrons. The van der Waals surface area contributed by atoms with Crippen LogP contribution in [0.25, 0.3) is 0 Å². The Kier molecular flexibility index (Phi) is 6.51. The molecule has 0 aromatic heterocycles. The second-order valence-corrected chi connectivity index (χ2v) is 6.69. The maximum atomic E-state index is 12.2. The highest BCUT2D eigenvalue weighted by molar-refractivity contribution is 5.92. The van der Waals surface area contributed by atoms with Crippen molar-refractivity contribution in [3.63, 3.8) is 0 Å². The van der Waals surface area contributed by atoms with Gasteiger partial charge in [0, 0.05) is 23.8 Å². The van der Waals surface area contributed by atoms with Gasteiger partial charge in [-0.15, -0.1) is 0 Å². The molecule has 1 heterocycles. The van der Waals surface area contributed by atoms with Crippen molar-refractivity contribution in [3.8, 4) is 0 Å². The number of fused-ring (bicyclic) bond motifs is 1. The molecule has 7 heteroatoms. The van der Waals surface area contributed by atoms with Gasteiger partial charge in [-0.25, -0.2) is 9.59 Å². The highest BCUT2D eigenvalue weighted by Crippen LogP contribution is 2.39. The predicted molar refractivity (Wildman–Crippen MR) is 96.5 cm³/mol. The molecule has 1 N–H and O–H groups in total. The molecule has 7 nitrogen and oxygen atoms in total. The lowest BCUT2D eigenvalue weighted by atomic mass is 9.80. The second-order valence-electron chi connectivity index (χ2n) is 6.69. The number of carbonyl (C=O) groups excluding carboxylic acids is 3. The lowest BCUT2D eigenvalue weighted by molar-refractivity contribution is -0.158. The number of aliphatic hydroxyl groups is 1. The van der Waals surface area contributed by atoms with Crippen molar-refractivity contribution >= 4 is 18.2 Å². The van der Waals surface area contributed by atoms with Crippen LogP contribution in [0.4, 0.5) is 0 Å². The van der Waals surface area contributed by atoms with Crippen LogP contribution in [0.3, 0.4) is 0 Å². The molecule has 0 aromatic carbocycles. The van der Waals surface area contributed by atoms with E-state index in [1.165, 1.54) is 14.0 Å². The van der Waals surface area contributed by atoms with E-state index in [1.807, 2.05) is 0 Å². The van der Waals surface area contributed by atoms with E-state index in [9.17, 15) is 19.5 Å². The van der Waals surface area contributed by atoms with Gasteiger partial charge in [-0.2, -0.15) is 0 Å². The molecule has 1 aliphatic carbocycles. The van der Waals surface area contributed by atoms with Crippen molar-refractivity contribution in [1.82, 2.24) is 0 Å². The fourth-order valence-electron chi connectivity index (χ4n) is 3.30. The van der Waals surface area contributed by atoms with E-state index in [4.69, 9.17) is 14.2 Å². The number of ether oxygens (including phenoxy) is 3. The fourth-order valence-corrected chi connectivity index (χ4v) is 3.30. The minimum absolute atomic E-state index is 0.0271. The van der Waals surface area contributed by atoms with Crippen LogP contribution in [-0.2, 0) is 28.6 Å². The van der Waals surface area contributed by atoms with E-state index < -0.39 is 42.3 Å². The molecule has 1 fully saturated rings. The molecule has 0 aromatic rings. The zero-order chi connectivity index (χ0) is 20.3. The molecular weight excluding hydrogens is 352 g/mol. The van der Waals surface area contributed by atoms with Crippen LogP contribution in [0.2, 0.25) is 0 Å². The summed E-state index contributed by atoms with van der Waals surface area (Å²) < 4.78 is 16.3. The molecule has 2 aliphatic rings. The topological polar surface area (TPSA) is 99.1 Å². The van der Waals surface area contributed by atoms with Crippen LogP contribution in [-0.4, -0.2) is 54.9 Å². The van der Waals surface area contributed by atoms with Gasteiger partial charge in [0.25, 0.3) is 0 Å². The summed E-state index contributed by atoms with van der Waals surface area (Å²) in [5.41, 5.74) is 0.858. The Balaban J connectivity index is 2.61. The van der Waals surface area contributed by atoms with Crippen molar-refractivity contribution in [1.29, 1.82) is 0 Å². The molecule has 0 unspecified atom stereocenters. The number of carbonyl (C=O) groups is 3. The van der Waals surface area contributed by atoms with Gasteiger partial charge < -0.3 is 19.3 Å². The number of allylic oxidation sites excluding steroid dienone is 1. The third-order valence-electron chi connectivity index (χ3n) is 4.80. The maximum absolute atomic E-state index is 12.2. The molecule has 27 heavy (non-hydrogen) atoms. The summed E-state index contributed by atoms with van der Waals surface area (Å²) >= 11 is 0. The quantitative estimate of drug-likeness (QED) is 0.343. The Morgan fingerprint density at radius 2 is 2.07 bits per heavy atom. The predicted octanol–water partition coefficient (Wildman–Crippen LogP) is 1.42. The van der Waals surface area contributed by atoms with Crippen LogP contribution in [0, 0.1) is 5.92 Å². The number of aliphatic hydroxyl groups excluding tert-OH is 1. The highest BCUT2D eigenvalue weighted by Gasteiger charge is 2.52. The Morgan fingerprint density at radius 1 is 1.41 bits per heavy atom. The summed E-state index contributed by atoms with van der Waals surface area (Å²) in [7, 11) is 1.36. The van der Waals surface area contributed by atoms with Crippen LogP contribution >= 0.6 is 0 Å². The molecule has 0 amide bonds. The molecule has 0 saturated carbocycles. The summed E-state index contributed by atoms with van der Waals surface area (Å²) in [5, 5.41) is 10.6. The van der Waals surface area contributed by atoms with Gasteiger partial charge in [0.15, 0.2) is 0 Å². The average molecular weight is 376 g/mol. The van der Waals surface area contributed by atoms with Gasteiger partial charge in [-0.05, 0) is 25.3 Å². The largest absolute Gasteiger partial charge is 0.455 e. The Bertz CT molecular complexity index is 718. The summed E-state index contributed by atoms with van der Waals surface area (Å²) in [6.07, 6.45) is -1.26. The van der Waals surface area contributed by atoms with Gasteiger partial charge in [0.2, 0.25) is 0 Å². The number of methoxy groups -OCH3 is 1. The van der Waals surface area contributed by atoms with Crippen molar-refractivity contribution in [2.45, 2.75) is 44.2 Å². The molecule has 0 spiro atoms. The average Bonchev–Trinajstić information content (AvgIpc) is 2.92. The van der Waals surface area contributed by atoms with E-state index in [1.54, 1.807) is 6.08 Å². The molecule has 146 valence electrons. The maximum Gasteiger partial charge on any atom is 0.334 e. The SMILES string of the molecule is C=C(C)C(=O)O[C@H]1[C@H]2C(=C)C(=O)O[C@@H]2[C@@H](O)C(=C)CC/C=C(/C=O)[C@@H]1OC. The van der Waals surface area contributed by atoms with Crippen LogP contribution < -0.4 is 0 Å². The Labute approximate surface area is 158 Å². The van der Waals surface area contributed by atoms with E-state index in [0.29, 0.717) is 24.7 Å². The summed E-state index contributed by atoms with van der Waals surface area (Å²) in [6.45, 7) is 12.6. The smallest absolute Gasteiger partial charge is 0.334 e. The van der Waals surface area contributed by atoms with Crippen molar-refractivity contribution < 1.29 is 33.7 Å². The number of hydrogen-bond donors (Lipinski definition) is 1. The minimum Gasteiger partial charge on any atom is -0.455 e. The Hall–Kier alpha value is -2.51. The molecule has 2 rings (SSSR count). The second kappa shape index (κ2) is 8.45. The molecule has 5 atom stereocenters. The first kappa shape index (κ1) is 20.8. The van der Waals surface area contributed by atoms with E-state index in [2.05, 4.69) is 19.7 Å². The van der Waals surface area contributed by atoms with Crippen LogP contribution in [0.15, 0.2) is 48.1 Å². The number of hydrogen-bond acceptors (Lipinski definition) is 7. The molecular formula is C20H24O7. The van der Waals surface area contributed by atoms with Gasteiger partial charge in [0.1, 0.15) is 30.7 Å².